The Kier molecular flexibility index (Phi) is 4.29. The maximum atomic E-state index is 12.4. The fraction of sp³-hybridized carbons (Fsp3) is 0.636. The molecular weight excluding hydrogens is 325 g/mol. The van der Waals surface area contributed by atoms with Gasteiger partial charge in [0, 0.05) is 38.1 Å². The topological polar surface area (TPSA) is 32.3 Å². The average molecular weight is 339 g/mol. The van der Waals surface area contributed by atoms with Crippen LogP contribution in [0.2, 0.25) is 0 Å². The van der Waals surface area contributed by atoms with E-state index in [1.54, 1.807) is 19.3 Å². The molecule has 2 rings (SSSR count). The Labute approximate surface area is 117 Å². The van der Waals surface area contributed by atoms with E-state index in [1.807, 2.05) is 4.90 Å². The zero-order chi connectivity index (χ0) is 14.0. The van der Waals surface area contributed by atoms with Gasteiger partial charge >= 0.3 is 6.18 Å². The Morgan fingerprint density at radius 2 is 1.95 bits per heavy atom. The van der Waals surface area contributed by atoms with E-state index in [-0.39, 0.29) is 6.04 Å². The van der Waals surface area contributed by atoms with Gasteiger partial charge in [-0.3, -0.25) is 4.90 Å². The number of rotatable bonds is 2. The van der Waals surface area contributed by atoms with Gasteiger partial charge in [0.15, 0.2) is 0 Å². The third-order valence-electron chi connectivity index (χ3n) is 3.04. The lowest BCUT2D eigenvalue weighted by Gasteiger charge is -2.40. The van der Waals surface area contributed by atoms with Gasteiger partial charge in [0.25, 0.3) is 0 Å². The minimum Gasteiger partial charge on any atom is -0.338 e. The van der Waals surface area contributed by atoms with Crippen molar-refractivity contribution in [3.8, 4) is 0 Å². The van der Waals surface area contributed by atoms with Gasteiger partial charge in [0.05, 0.1) is 11.0 Å². The number of nitrogens with zero attached hydrogens (tertiary/aromatic N) is 4. The highest BCUT2D eigenvalue weighted by atomic mass is 79.9. The number of hydrogen-bond acceptors (Lipinski definition) is 4. The molecule has 2 heterocycles. The molecule has 106 valence electrons. The summed E-state index contributed by atoms with van der Waals surface area (Å²) in [5, 5.41) is 0. The minimum atomic E-state index is -4.15. The summed E-state index contributed by atoms with van der Waals surface area (Å²) in [5.74, 6) is 0.557. The van der Waals surface area contributed by atoms with Gasteiger partial charge in [-0.25, -0.2) is 9.97 Å². The zero-order valence-electron chi connectivity index (χ0n) is 10.4. The molecule has 0 aliphatic carbocycles. The molecule has 0 saturated carbocycles. The molecule has 1 aromatic rings. The van der Waals surface area contributed by atoms with Crippen LogP contribution in [0.25, 0.3) is 0 Å². The number of aromatic nitrogens is 2. The Hall–Kier alpha value is -0.890. The standard InChI is InChI=1S/C11H14BrF3N4/c1-8-6-18(10-16-4-9(12)5-17-10)2-3-19(8)7-11(13,14)15/h4-5,8H,2-3,6-7H2,1H3. The Morgan fingerprint density at radius 3 is 2.47 bits per heavy atom. The van der Waals surface area contributed by atoms with Crippen molar-refractivity contribution in [2.24, 2.45) is 0 Å². The van der Waals surface area contributed by atoms with Gasteiger partial charge in [0.2, 0.25) is 5.95 Å². The van der Waals surface area contributed by atoms with Crippen LogP contribution in [-0.4, -0.2) is 53.3 Å². The van der Waals surface area contributed by atoms with Crippen LogP contribution >= 0.6 is 15.9 Å². The highest BCUT2D eigenvalue weighted by molar-refractivity contribution is 9.10. The summed E-state index contributed by atoms with van der Waals surface area (Å²) >= 11 is 3.25. The van der Waals surface area contributed by atoms with Crippen LogP contribution in [0.4, 0.5) is 19.1 Å². The van der Waals surface area contributed by atoms with Crippen LogP contribution in [0.15, 0.2) is 16.9 Å². The third-order valence-corrected chi connectivity index (χ3v) is 3.45. The van der Waals surface area contributed by atoms with Crippen molar-refractivity contribution < 1.29 is 13.2 Å². The lowest BCUT2D eigenvalue weighted by atomic mass is 10.2. The fourth-order valence-electron chi connectivity index (χ4n) is 2.11. The predicted octanol–water partition coefficient (Wildman–Crippen LogP) is 2.31. The summed E-state index contributed by atoms with van der Waals surface area (Å²) in [6, 6.07) is -0.178. The molecule has 0 spiro atoms. The van der Waals surface area contributed by atoms with Crippen molar-refractivity contribution in [1.29, 1.82) is 0 Å². The Morgan fingerprint density at radius 1 is 1.32 bits per heavy atom. The van der Waals surface area contributed by atoms with Crippen LogP contribution in [0, 0.1) is 0 Å². The van der Waals surface area contributed by atoms with Crippen LogP contribution < -0.4 is 4.90 Å². The number of halogens is 4. The summed E-state index contributed by atoms with van der Waals surface area (Å²) in [7, 11) is 0. The Bertz CT molecular complexity index is 423. The van der Waals surface area contributed by atoms with Crippen molar-refractivity contribution in [3.05, 3.63) is 16.9 Å². The molecule has 1 atom stereocenters. The lowest BCUT2D eigenvalue weighted by Crippen LogP contribution is -2.54. The molecular formula is C11H14BrF3N4. The van der Waals surface area contributed by atoms with Gasteiger partial charge in [-0.2, -0.15) is 13.2 Å². The first kappa shape index (κ1) is 14.5. The molecule has 1 fully saturated rings. The van der Waals surface area contributed by atoms with Crippen molar-refractivity contribution in [1.82, 2.24) is 14.9 Å². The van der Waals surface area contributed by atoms with E-state index < -0.39 is 12.7 Å². The first-order chi connectivity index (χ1) is 8.85. The maximum Gasteiger partial charge on any atom is 0.401 e. The smallest absolute Gasteiger partial charge is 0.338 e. The van der Waals surface area contributed by atoms with Crippen molar-refractivity contribution in [3.63, 3.8) is 0 Å². The molecule has 0 amide bonds. The monoisotopic (exact) mass is 338 g/mol. The average Bonchev–Trinajstić information content (AvgIpc) is 2.31. The Balaban J connectivity index is 1.98. The molecule has 0 bridgehead atoms. The highest BCUT2D eigenvalue weighted by Gasteiger charge is 2.35. The molecule has 1 saturated heterocycles. The number of anilines is 1. The SMILES string of the molecule is CC1CN(c2ncc(Br)cn2)CCN1CC(F)(F)F. The predicted molar refractivity (Wildman–Crippen MR) is 69.0 cm³/mol. The van der Waals surface area contributed by atoms with Crippen LogP contribution in [-0.2, 0) is 0 Å². The summed E-state index contributed by atoms with van der Waals surface area (Å²) in [6.45, 7) is 2.29. The van der Waals surface area contributed by atoms with Gasteiger partial charge in [0.1, 0.15) is 0 Å². The molecule has 8 heteroatoms. The second-order valence-corrected chi connectivity index (χ2v) is 5.50. The molecule has 1 unspecified atom stereocenters. The van der Waals surface area contributed by atoms with E-state index in [4.69, 9.17) is 0 Å². The second kappa shape index (κ2) is 5.62. The van der Waals surface area contributed by atoms with E-state index in [0.29, 0.717) is 25.6 Å². The molecule has 1 aromatic heterocycles. The molecule has 1 aliphatic heterocycles. The molecule has 0 aromatic carbocycles. The number of alkyl halides is 3. The molecule has 0 N–H and O–H groups in total. The lowest BCUT2D eigenvalue weighted by molar-refractivity contribution is -0.150. The minimum absolute atomic E-state index is 0.178. The third kappa shape index (κ3) is 4.04. The second-order valence-electron chi connectivity index (χ2n) is 4.58. The molecule has 1 aliphatic rings. The molecule has 0 radical (unpaired) electrons. The summed E-state index contributed by atoms with van der Waals surface area (Å²) in [4.78, 5) is 11.7. The zero-order valence-corrected chi connectivity index (χ0v) is 11.9. The van der Waals surface area contributed by atoms with Crippen LogP contribution in [0.1, 0.15) is 6.92 Å². The first-order valence-corrected chi connectivity index (χ1v) is 6.68. The van der Waals surface area contributed by atoms with Gasteiger partial charge in [-0.15, -0.1) is 0 Å². The molecule has 4 nitrogen and oxygen atoms in total. The summed E-state index contributed by atoms with van der Waals surface area (Å²) in [5.41, 5.74) is 0. The van der Waals surface area contributed by atoms with Crippen molar-refractivity contribution >= 4 is 21.9 Å². The van der Waals surface area contributed by atoms with E-state index in [9.17, 15) is 13.2 Å². The quantitative estimate of drug-likeness (QED) is 0.828. The number of hydrogen-bond donors (Lipinski definition) is 0. The van der Waals surface area contributed by atoms with E-state index in [0.717, 1.165) is 4.47 Å². The van der Waals surface area contributed by atoms with E-state index >= 15 is 0 Å². The van der Waals surface area contributed by atoms with E-state index in [1.165, 1.54) is 4.90 Å². The highest BCUT2D eigenvalue weighted by Crippen LogP contribution is 2.21. The van der Waals surface area contributed by atoms with Crippen LogP contribution in [0.5, 0.6) is 0 Å². The molecule has 19 heavy (non-hydrogen) atoms. The van der Waals surface area contributed by atoms with Gasteiger partial charge in [-0.05, 0) is 22.9 Å². The fourth-order valence-corrected chi connectivity index (χ4v) is 2.32. The van der Waals surface area contributed by atoms with Crippen LogP contribution in [0.3, 0.4) is 0 Å². The van der Waals surface area contributed by atoms with Gasteiger partial charge < -0.3 is 4.90 Å². The van der Waals surface area contributed by atoms with Gasteiger partial charge in [-0.1, -0.05) is 0 Å². The summed E-state index contributed by atoms with van der Waals surface area (Å²) < 4.78 is 38.0. The summed E-state index contributed by atoms with van der Waals surface area (Å²) in [6.07, 6.45) is -0.880. The number of piperazine rings is 1. The van der Waals surface area contributed by atoms with E-state index in [2.05, 4.69) is 25.9 Å². The van der Waals surface area contributed by atoms with Crippen molar-refractivity contribution in [2.45, 2.75) is 19.1 Å². The normalized spacial score (nSPS) is 21.7. The van der Waals surface area contributed by atoms with Crippen molar-refractivity contribution in [2.75, 3.05) is 31.1 Å². The first-order valence-electron chi connectivity index (χ1n) is 5.88. The largest absolute Gasteiger partial charge is 0.401 e. The maximum absolute atomic E-state index is 12.4.